The van der Waals surface area contributed by atoms with Crippen molar-refractivity contribution >= 4 is 5.97 Å². The molecule has 76 valence electrons. The van der Waals surface area contributed by atoms with Crippen molar-refractivity contribution in [3.63, 3.8) is 0 Å². The highest BCUT2D eigenvalue weighted by molar-refractivity contribution is 5.68. The van der Waals surface area contributed by atoms with Crippen molar-refractivity contribution in [1.29, 1.82) is 0 Å². The quantitative estimate of drug-likeness (QED) is 0.726. The zero-order valence-electron chi connectivity index (χ0n) is 7.91. The van der Waals surface area contributed by atoms with Gasteiger partial charge in [-0.2, -0.15) is 0 Å². The van der Waals surface area contributed by atoms with Gasteiger partial charge in [0.25, 0.3) is 0 Å². The van der Waals surface area contributed by atoms with Crippen molar-refractivity contribution < 1.29 is 14.4 Å². The van der Waals surface area contributed by atoms with Crippen LogP contribution in [0.3, 0.4) is 0 Å². The van der Waals surface area contributed by atoms with Crippen LogP contribution in [-0.2, 0) is 11.2 Å². The van der Waals surface area contributed by atoms with Gasteiger partial charge in [0.05, 0.1) is 18.2 Å². The van der Waals surface area contributed by atoms with Gasteiger partial charge >= 0.3 is 5.97 Å². The maximum Gasteiger partial charge on any atom is 0.305 e. The molecule has 1 aromatic rings. The summed E-state index contributed by atoms with van der Waals surface area (Å²) >= 11 is 0. The molecular formula is C9H12N2O3. The van der Waals surface area contributed by atoms with Crippen LogP contribution in [0.1, 0.15) is 29.5 Å². The van der Waals surface area contributed by atoms with E-state index in [0.29, 0.717) is 5.76 Å². The summed E-state index contributed by atoms with van der Waals surface area (Å²) in [5, 5.41) is 15.6. The normalized spacial score (nSPS) is 20.5. The Kier molecular flexibility index (Phi) is 2.25. The van der Waals surface area contributed by atoms with E-state index in [-0.39, 0.29) is 12.5 Å². The monoisotopic (exact) mass is 196 g/mol. The fraction of sp³-hybridized carbons (Fsp3) is 0.556. The summed E-state index contributed by atoms with van der Waals surface area (Å²) < 4.78 is 5.12. The molecule has 0 spiro atoms. The molecule has 0 bridgehead atoms. The zero-order chi connectivity index (χ0) is 10.1. The Labute approximate surface area is 81.1 Å². The van der Waals surface area contributed by atoms with E-state index < -0.39 is 5.97 Å². The second kappa shape index (κ2) is 3.42. The van der Waals surface area contributed by atoms with E-state index in [2.05, 4.69) is 10.5 Å². The molecule has 14 heavy (non-hydrogen) atoms. The van der Waals surface area contributed by atoms with Crippen molar-refractivity contribution in [2.75, 3.05) is 6.54 Å². The Morgan fingerprint density at radius 3 is 3.29 bits per heavy atom. The van der Waals surface area contributed by atoms with Crippen LogP contribution in [-0.4, -0.2) is 22.8 Å². The molecule has 1 atom stereocenters. The van der Waals surface area contributed by atoms with Crippen molar-refractivity contribution in [2.45, 2.75) is 25.8 Å². The Balaban J connectivity index is 2.27. The maximum atomic E-state index is 10.6. The van der Waals surface area contributed by atoms with Crippen molar-refractivity contribution in [3.8, 4) is 0 Å². The summed E-state index contributed by atoms with van der Waals surface area (Å²) in [4.78, 5) is 10.6. The van der Waals surface area contributed by atoms with Gasteiger partial charge in [0.2, 0.25) is 0 Å². The van der Waals surface area contributed by atoms with Crippen molar-refractivity contribution in [3.05, 3.63) is 17.0 Å². The Morgan fingerprint density at radius 2 is 2.57 bits per heavy atom. The number of hydrogen-bond acceptors (Lipinski definition) is 4. The molecule has 1 unspecified atom stereocenters. The Hall–Kier alpha value is -1.36. The number of nitrogens with zero attached hydrogens (tertiary/aromatic N) is 1. The van der Waals surface area contributed by atoms with Crippen molar-refractivity contribution in [1.82, 2.24) is 10.5 Å². The number of nitrogens with one attached hydrogen (secondary N) is 1. The number of hydrogen-bond donors (Lipinski definition) is 2. The van der Waals surface area contributed by atoms with Gasteiger partial charge < -0.3 is 14.9 Å². The number of rotatable bonds is 2. The highest BCUT2D eigenvalue weighted by Crippen LogP contribution is 2.27. The van der Waals surface area contributed by atoms with Gasteiger partial charge in [-0.25, -0.2) is 0 Å². The lowest BCUT2D eigenvalue weighted by molar-refractivity contribution is -0.137. The minimum absolute atomic E-state index is 0.0433. The van der Waals surface area contributed by atoms with Gasteiger partial charge in [0.1, 0.15) is 0 Å². The molecule has 0 radical (unpaired) electrons. The van der Waals surface area contributed by atoms with E-state index >= 15 is 0 Å². The van der Waals surface area contributed by atoms with Crippen LogP contribution < -0.4 is 5.32 Å². The highest BCUT2D eigenvalue weighted by Gasteiger charge is 2.27. The minimum Gasteiger partial charge on any atom is -0.481 e. The molecule has 0 aliphatic carbocycles. The van der Waals surface area contributed by atoms with E-state index in [1.807, 2.05) is 6.92 Å². The number of fused-ring (bicyclic) bond motifs is 1. The number of aliphatic carboxylic acids is 1. The molecule has 2 rings (SSSR count). The summed E-state index contributed by atoms with van der Waals surface area (Å²) in [5.41, 5.74) is 1.94. The SMILES string of the molecule is Cc1noc2c1CCNC2CC(=O)O. The summed E-state index contributed by atoms with van der Waals surface area (Å²) in [6.07, 6.45) is 0.905. The Bertz CT molecular complexity index is 359. The third-order valence-electron chi connectivity index (χ3n) is 2.48. The average Bonchev–Trinajstić information content (AvgIpc) is 2.49. The van der Waals surface area contributed by atoms with E-state index in [1.165, 1.54) is 0 Å². The fourth-order valence-electron chi connectivity index (χ4n) is 1.79. The smallest absolute Gasteiger partial charge is 0.305 e. The van der Waals surface area contributed by atoms with Crippen molar-refractivity contribution in [2.24, 2.45) is 0 Å². The predicted octanol–water partition coefficient (Wildman–Crippen LogP) is 0.645. The van der Waals surface area contributed by atoms with E-state index in [0.717, 1.165) is 24.2 Å². The van der Waals surface area contributed by atoms with Gasteiger partial charge in [-0.05, 0) is 13.3 Å². The molecule has 1 aromatic heterocycles. The van der Waals surface area contributed by atoms with Gasteiger partial charge in [-0.15, -0.1) is 0 Å². The standard InChI is InChI=1S/C9H12N2O3/c1-5-6-2-3-10-7(4-8(12)13)9(6)14-11-5/h7,10H,2-4H2,1H3,(H,12,13). The van der Waals surface area contributed by atoms with Gasteiger partial charge in [-0.3, -0.25) is 4.79 Å². The number of carboxylic acid groups (broad SMARTS) is 1. The summed E-state index contributed by atoms with van der Waals surface area (Å²) in [5.74, 6) is -0.138. The Morgan fingerprint density at radius 1 is 1.79 bits per heavy atom. The molecule has 0 saturated carbocycles. The van der Waals surface area contributed by atoms with E-state index in [4.69, 9.17) is 9.63 Å². The molecule has 5 heteroatoms. The van der Waals surface area contributed by atoms with E-state index in [1.54, 1.807) is 0 Å². The third kappa shape index (κ3) is 1.50. The number of aryl methyl sites for hydroxylation is 1. The average molecular weight is 196 g/mol. The summed E-state index contributed by atoms with van der Waals surface area (Å²) in [6.45, 7) is 2.67. The summed E-state index contributed by atoms with van der Waals surface area (Å²) in [6, 6.07) is -0.225. The lowest BCUT2D eigenvalue weighted by Crippen LogP contribution is -2.30. The molecule has 0 saturated heterocycles. The van der Waals surface area contributed by atoms with Gasteiger partial charge in [0, 0.05) is 12.1 Å². The number of carbonyl (C=O) groups is 1. The molecule has 0 fully saturated rings. The molecule has 0 amide bonds. The first-order valence-corrected chi connectivity index (χ1v) is 4.58. The summed E-state index contributed by atoms with van der Waals surface area (Å²) in [7, 11) is 0. The zero-order valence-corrected chi connectivity index (χ0v) is 7.91. The van der Waals surface area contributed by atoms with Crippen LogP contribution in [0.4, 0.5) is 0 Å². The lowest BCUT2D eigenvalue weighted by Gasteiger charge is -2.20. The fourth-order valence-corrected chi connectivity index (χ4v) is 1.79. The second-order valence-corrected chi connectivity index (χ2v) is 3.47. The number of aromatic nitrogens is 1. The molecule has 2 N–H and O–H groups in total. The van der Waals surface area contributed by atoms with Crippen LogP contribution in [0.5, 0.6) is 0 Å². The maximum absolute atomic E-state index is 10.6. The van der Waals surface area contributed by atoms with Crippen LogP contribution in [0.15, 0.2) is 4.52 Å². The van der Waals surface area contributed by atoms with Crippen LogP contribution in [0.25, 0.3) is 0 Å². The molecule has 0 aromatic carbocycles. The molecular weight excluding hydrogens is 184 g/mol. The van der Waals surface area contributed by atoms with Gasteiger partial charge in [0.15, 0.2) is 5.76 Å². The molecule has 5 nitrogen and oxygen atoms in total. The van der Waals surface area contributed by atoms with Crippen LogP contribution >= 0.6 is 0 Å². The topological polar surface area (TPSA) is 75.4 Å². The minimum atomic E-state index is -0.829. The first kappa shape index (κ1) is 9.21. The van der Waals surface area contributed by atoms with Gasteiger partial charge in [-0.1, -0.05) is 5.16 Å². The largest absolute Gasteiger partial charge is 0.481 e. The molecule has 1 aliphatic heterocycles. The molecule has 2 heterocycles. The third-order valence-corrected chi connectivity index (χ3v) is 2.48. The van der Waals surface area contributed by atoms with Crippen LogP contribution in [0, 0.1) is 6.92 Å². The first-order valence-electron chi connectivity index (χ1n) is 4.58. The number of carboxylic acids is 1. The van der Waals surface area contributed by atoms with Crippen LogP contribution in [0.2, 0.25) is 0 Å². The lowest BCUT2D eigenvalue weighted by atomic mass is 9.99. The highest BCUT2D eigenvalue weighted by atomic mass is 16.5. The predicted molar refractivity (Wildman–Crippen MR) is 47.9 cm³/mol. The second-order valence-electron chi connectivity index (χ2n) is 3.47. The molecule has 1 aliphatic rings. The van der Waals surface area contributed by atoms with E-state index in [9.17, 15) is 4.79 Å². The first-order chi connectivity index (χ1) is 6.68.